The van der Waals surface area contributed by atoms with Gasteiger partial charge in [-0.2, -0.15) is 0 Å². The summed E-state index contributed by atoms with van der Waals surface area (Å²) >= 11 is 0. The van der Waals surface area contributed by atoms with Gasteiger partial charge in [-0.15, -0.1) is 0 Å². The average Bonchev–Trinajstić information content (AvgIpc) is 2.94. The lowest BCUT2D eigenvalue weighted by Crippen LogP contribution is -2.40. The fourth-order valence-corrected chi connectivity index (χ4v) is 2.57. The molecule has 1 heterocycles. The molecule has 0 aliphatic carbocycles. The van der Waals surface area contributed by atoms with E-state index in [0.29, 0.717) is 13.2 Å². The number of benzene rings is 1. The van der Waals surface area contributed by atoms with E-state index in [2.05, 4.69) is 0 Å². The summed E-state index contributed by atoms with van der Waals surface area (Å²) in [6.45, 7) is 7.34. The van der Waals surface area contributed by atoms with Gasteiger partial charge in [-0.3, -0.25) is 0 Å². The molecule has 1 aliphatic heterocycles. The Balaban J connectivity index is 1.92. The molecule has 5 heteroatoms. The zero-order valence-electron chi connectivity index (χ0n) is 14.5. The Morgan fingerprint density at radius 3 is 2.57 bits per heavy atom. The Morgan fingerprint density at radius 1 is 1.26 bits per heavy atom. The van der Waals surface area contributed by atoms with Crippen molar-refractivity contribution >= 4 is 6.09 Å². The maximum Gasteiger partial charge on any atom is 0.410 e. The Bertz CT molecular complexity index is 497. The minimum absolute atomic E-state index is 0.0116. The Labute approximate surface area is 138 Å². The lowest BCUT2D eigenvalue weighted by Gasteiger charge is -2.27. The molecule has 0 saturated carbocycles. The third-order valence-electron chi connectivity index (χ3n) is 3.86. The third kappa shape index (κ3) is 5.52. The number of methoxy groups -OCH3 is 1. The predicted octanol–water partition coefficient (Wildman–Crippen LogP) is 3.23. The first kappa shape index (κ1) is 17.8. The molecule has 1 amide bonds. The molecule has 1 fully saturated rings. The topological polar surface area (TPSA) is 48.0 Å². The van der Waals surface area contributed by atoms with Crippen molar-refractivity contribution in [3.05, 3.63) is 35.9 Å². The zero-order chi connectivity index (χ0) is 16.9. The second kappa shape index (κ2) is 7.79. The van der Waals surface area contributed by atoms with Gasteiger partial charge in [-0.25, -0.2) is 4.79 Å². The molecule has 0 unspecified atom stereocenters. The molecule has 2 rings (SSSR count). The van der Waals surface area contributed by atoms with E-state index in [1.807, 2.05) is 51.1 Å². The van der Waals surface area contributed by atoms with Crippen molar-refractivity contribution in [3.63, 3.8) is 0 Å². The van der Waals surface area contributed by atoms with Crippen molar-refractivity contribution in [1.29, 1.82) is 0 Å². The lowest BCUT2D eigenvalue weighted by molar-refractivity contribution is -0.0285. The number of carbonyl (C=O) groups is 1. The van der Waals surface area contributed by atoms with E-state index < -0.39 is 0 Å². The first-order valence-corrected chi connectivity index (χ1v) is 8.03. The minimum atomic E-state index is -0.309. The molecule has 0 bridgehead atoms. The number of likely N-dealkylation sites (tertiary alicyclic amines) is 1. The average molecular weight is 321 g/mol. The Kier molecular flexibility index (Phi) is 6.02. The van der Waals surface area contributed by atoms with E-state index in [1.54, 1.807) is 12.0 Å². The van der Waals surface area contributed by atoms with Crippen LogP contribution in [0.25, 0.3) is 0 Å². The molecule has 0 aromatic heterocycles. The number of hydrogen-bond acceptors (Lipinski definition) is 4. The fraction of sp³-hybridized carbons (Fsp3) is 0.611. The van der Waals surface area contributed by atoms with Crippen LogP contribution in [0.1, 0.15) is 32.8 Å². The van der Waals surface area contributed by atoms with Gasteiger partial charge in [0.2, 0.25) is 0 Å². The van der Waals surface area contributed by atoms with Crippen molar-refractivity contribution in [2.24, 2.45) is 0 Å². The van der Waals surface area contributed by atoms with E-state index >= 15 is 0 Å². The maximum absolute atomic E-state index is 12.4. The molecule has 1 aromatic carbocycles. The van der Waals surface area contributed by atoms with Crippen LogP contribution >= 0.6 is 0 Å². The second-order valence-corrected chi connectivity index (χ2v) is 6.86. The molecule has 1 aromatic rings. The lowest BCUT2D eigenvalue weighted by atomic mass is 10.1. The maximum atomic E-state index is 12.4. The summed E-state index contributed by atoms with van der Waals surface area (Å²) in [5, 5.41) is 0. The summed E-state index contributed by atoms with van der Waals surface area (Å²) in [6.07, 6.45) is 0.497. The number of rotatable bonds is 5. The van der Waals surface area contributed by atoms with Gasteiger partial charge in [0.1, 0.15) is 6.61 Å². The molecule has 128 valence electrons. The van der Waals surface area contributed by atoms with Crippen LogP contribution in [0.4, 0.5) is 4.79 Å². The molecule has 0 radical (unpaired) electrons. The van der Waals surface area contributed by atoms with Gasteiger partial charge in [-0.1, -0.05) is 30.3 Å². The van der Waals surface area contributed by atoms with E-state index in [0.717, 1.165) is 12.0 Å². The van der Waals surface area contributed by atoms with Gasteiger partial charge in [-0.05, 0) is 32.8 Å². The van der Waals surface area contributed by atoms with Crippen LogP contribution in [0, 0.1) is 0 Å². The van der Waals surface area contributed by atoms with E-state index in [1.165, 1.54) is 0 Å². The normalized spacial score (nSPS) is 21.5. The minimum Gasteiger partial charge on any atom is -0.445 e. The summed E-state index contributed by atoms with van der Waals surface area (Å²) in [5.41, 5.74) is 0.746. The molecular weight excluding hydrogens is 294 g/mol. The van der Waals surface area contributed by atoms with Gasteiger partial charge >= 0.3 is 6.09 Å². The van der Waals surface area contributed by atoms with E-state index in [4.69, 9.17) is 14.2 Å². The molecule has 1 aliphatic rings. The number of ether oxygens (including phenoxy) is 3. The van der Waals surface area contributed by atoms with Crippen LogP contribution in [-0.4, -0.2) is 49.0 Å². The van der Waals surface area contributed by atoms with Gasteiger partial charge in [0.15, 0.2) is 0 Å². The number of nitrogens with zero attached hydrogens (tertiary/aromatic N) is 1. The summed E-state index contributed by atoms with van der Waals surface area (Å²) in [7, 11) is 1.67. The highest BCUT2D eigenvalue weighted by Gasteiger charge is 2.37. The van der Waals surface area contributed by atoms with Gasteiger partial charge in [0, 0.05) is 7.11 Å². The zero-order valence-corrected chi connectivity index (χ0v) is 14.5. The standard InChI is InChI=1S/C18H27NO4/c1-18(2,3)23-13-15-10-16(21-4)11-19(15)17(20)22-12-14-8-6-5-7-9-14/h5-9,15-16H,10-13H2,1-4H3/t15-,16+/m0/s1. The van der Waals surface area contributed by atoms with Crippen LogP contribution in [0.15, 0.2) is 30.3 Å². The van der Waals surface area contributed by atoms with Crippen LogP contribution in [0.3, 0.4) is 0 Å². The monoisotopic (exact) mass is 321 g/mol. The van der Waals surface area contributed by atoms with Crippen LogP contribution in [0.2, 0.25) is 0 Å². The Hall–Kier alpha value is -1.59. The molecular formula is C18H27NO4. The van der Waals surface area contributed by atoms with Crippen molar-refractivity contribution in [2.75, 3.05) is 20.3 Å². The van der Waals surface area contributed by atoms with E-state index in [9.17, 15) is 4.79 Å². The highest BCUT2D eigenvalue weighted by Crippen LogP contribution is 2.23. The predicted molar refractivity (Wildman–Crippen MR) is 88.2 cm³/mol. The number of amides is 1. The highest BCUT2D eigenvalue weighted by atomic mass is 16.6. The van der Waals surface area contributed by atoms with Gasteiger partial charge in [0.25, 0.3) is 0 Å². The Morgan fingerprint density at radius 2 is 1.96 bits per heavy atom. The van der Waals surface area contributed by atoms with Crippen molar-refractivity contribution in [3.8, 4) is 0 Å². The van der Waals surface area contributed by atoms with Crippen molar-refractivity contribution < 1.29 is 19.0 Å². The fourth-order valence-electron chi connectivity index (χ4n) is 2.57. The summed E-state index contributed by atoms with van der Waals surface area (Å²) < 4.78 is 16.7. The number of carbonyl (C=O) groups excluding carboxylic acids is 1. The summed E-state index contributed by atoms with van der Waals surface area (Å²) in [6, 6.07) is 9.67. The number of hydrogen-bond donors (Lipinski definition) is 0. The molecule has 23 heavy (non-hydrogen) atoms. The quantitative estimate of drug-likeness (QED) is 0.835. The van der Waals surface area contributed by atoms with Crippen LogP contribution in [-0.2, 0) is 20.8 Å². The first-order chi connectivity index (χ1) is 10.9. The summed E-state index contributed by atoms with van der Waals surface area (Å²) in [5.74, 6) is 0. The third-order valence-corrected chi connectivity index (χ3v) is 3.86. The van der Waals surface area contributed by atoms with Crippen molar-refractivity contribution in [1.82, 2.24) is 4.90 Å². The van der Waals surface area contributed by atoms with Crippen molar-refractivity contribution in [2.45, 2.75) is 51.5 Å². The SMILES string of the molecule is CO[C@@H]1C[C@@H](COC(C)(C)C)N(C(=O)OCc2ccccc2)C1. The summed E-state index contributed by atoms with van der Waals surface area (Å²) in [4.78, 5) is 14.1. The molecule has 1 saturated heterocycles. The molecule has 5 nitrogen and oxygen atoms in total. The largest absolute Gasteiger partial charge is 0.445 e. The van der Waals surface area contributed by atoms with E-state index in [-0.39, 0.29) is 30.4 Å². The van der Waals surface area contributed by atoms with Crippen LogP contribution in [0.5, 0.6) is 0 Å². The first-order valence-electron chi connectivity index (χ1n) is 8.03. The molecule has 0 N–H and O–H groups in total. The molecule has 2 atom stereocenters. The second-order valence-electron chi connectivity index (χ2n) is 6.86. The van der Waals surface area contributed by atoms with Gasteiger partial charge < -0.3 is 19.1 Å². The highest BCUT2D eigenvalue weighted by molar-refractivity contribution is 5.68. The van der Waals surface area contributed by atoms with Gasteiger partial charge in [0.05, 0.1) is 30.9 Å². The molecule has 0 spiro atoms. The van der Waals surface area contributed by atoms with Crippen LogP contribution < -0.4 is 0 Å². The smallest absolute Gasteiger partial charge is 0.410 e.